The fourth-order valence-corrected chi connectivity index (χ4v) is 2.01. The van der Waals surface area contributed by atoms with Crippen LogP contribution >= 0.6 is 0 Å². The van der Waals surface area contributed by atoms with E-state index in [1.54, 1.807) is 0 Å². The van der Waals surface area contributed by atoms with Gasteiger partial charge in [0, 0.05) is 19.1 Å². The van der Waals surface area contributed by atoms with Gasteiger partial charge in [0.25, 0.3) is 0 Å². The Kier molecular flexibility index (Phi) is 3.13. The summed E-state index contributed by atoms with van der Waals surface area (Å²) in [5, 5.41) is 2.93. The minimum atomic E-state index is 0.0458. The second-order valence-corrected chi connectivity index (χ2v) is 4.54. The number of amides is 2. The summed E-state index contributed by atoms with van der Waals surface area (Å²) in [6, 6.07) is 8.58. The van der Waals surface area contributed by atoms with Crippen LogP contribution in [0.3, 0.4) is 0 Å². The molecule has 0 aliphatic carbocycles. The molecule has 0 spiro atoms. The van der Waals surface area contributed by atoms with Crippen molar-refractivity contribution in [3.05, 3.63) is 35.4 Å². The van der Waals surface area contributed by atoms with Gasteiger partial charge in [0.05, 0.1) is 0 Å². The van der Waals surface area contributed by atoms with Crippen molar-refractivity contribution < 1.29 is 4.79 Å². The van der Waals surface area contributed by atoms with Crippen LogP contribution in [0, 0.1) is 0 Å². The van der Waals surface area contributed by atoms with Gasteiger partial charge in [-0.1, -0.05) is 24.3 Å². The Morgan fingerprint density at radius 1 is 1.31 bits per heavy atom. The van der Waals surface area contributed by atoms with Gasteiger partial charge in [0.1, 0.15) is 0 Å². The lowest BCUT2D eigenvalue weighted by Crippen LogP contribution is -2.45. The van der Waals surface area contributed by atoms with Crippen molar-refractivity contribution in [2.24, 2.45) is 0 Å². The molecule has 1 aliphatic rings. The highest BCUT2D eigenvalue weighted by Crippen LogP contribution is 2.18. The molecule has 2 amide bonds. The maximum Gasteiger partial charge on any atom is 0.317 e. The molecule has 0 atom stereocenters. The highest BCUT2D eigenvalue weighted by molar-refractivity contribution is 5.74. The summed E-state index contributed by atoms with van der Waals surface area (Å²) < 4.78 is 0. The Morgan fingerprint density at radius 3 is 2.69 bits per heavy atom. The fourth-order valence-electron chi connectivity index (χ4n) is 2.01. The number of nitrogens with one attached hydrogen (secondary N) is 1. The first kappa shape index (κ1) is 11.0. The quantitative estimate of drug-likeness (QED) is 0.769. The second-order valence-electron chi connectivity index (χ2n) is 4.54. The van der Waals surface area contributed by atoms with Gasteiger partial charge >= 0.3 is 6.03 Å². The predicted molar refractivity (Wildman–Crippen MR) is 64.2 cm³/mol. The molecule has 1 aromatic carbocycles. The van der Waals surface area contributed by atoms with E-state index < -0.39 is 0 Å². The van der Waals surface area contributed by atoms with Crippen LogP contribution in [0.4, 0.5) is 4.79 Å². The van der Waals surface area contributed by atoms with E-state index in [-0.39, 0.29) is 12.1 Å². The number of hydrogen-bond acceptors (Lipinski definition) is 1. The summed E-state index contributed by atoms with van der Waals surface area (Å²) in [4.78, 5) is 13.7. The van der Waals surface area contributed by atoms with Crippen LogP contribution < -0.4 is 5.32 Å². The molecule has 0 fully saturated rings. The van der Waals surface area contributed by atoms with Gasteiger partial charge in [0.15, 0.2) is 0 Å². The van der Waals surface area contributed by atoms with E-state index in [2.05, 4.69) is 23.5 Å². The number of nitrogens with zero attached hydrogens (tertiary/aromatic N) is 1. The molecule has 0 radical (unpaired) electrons. The van der Waals surface area contributed by atoms with Crippen molar-refractivity contribution in [3.8, 4) is 0 Å². The molecule has 1 N–H and O–H groups in total. The average Bonchev–Trinajstić information content (AvgIpc) is 2.27. The first-order valence-electron chi connectivity index (χ1n) is 5.79. The maximum absolute atomic E-state index is 11.8. The van der Waals surface area contributed by atoms with Crippen molar-refractivity contribution in [1.29, 1.82) is 0 Å². The van der Waals surface area contributed by atoms with Gasteiger partial charge < -0.3 is 10.2 Å². The van der Waals surface area contributed by atoms with Crippen molar-refractivity contribution in [2.45, 2.75) is 32.9 Å². The lowest BCUT2D eigenvalue weighted by atomic mass is 10.0. The number of urea groups is 1. The third-order valence-corrected chi connectivity index (χ3v) is 2.83. The van der Waals surface area contributed by atoms with Crippen LogP contribution in [0.25, 0.3) is 0 Å². The summed E-state index contributed by atoms with van der Waals surface area (Å²) in [5.74, 6) is 0. The largest absolute Gasteiger partial charge is 0.336 e. The Balaban J connectivity index is 2.05. The Bertz CT molecular complexity index is 387. The average molecular weight is 218 g/mol. The standard InChI is InChI=1S/C13H18N2O/c1-10(2)14-13(16)15-8-7-11-5-3-4-6-12(11)9-15/h3-6,10H,7-9H2,1-2H3,(H,14,16). The third-order valence-electron chi connectivity index (χ3n) is 2.83. The molecule has 1 aliphatic heterocycles. The van der Waals surface area contributed by atoms with Gasteiger partial charge in [-0.05, 0) is 31.4 Å². The van der Waals surface area contributed by atoms with Crippen LogP contribution in [0.5, 0.6) is 0 Å². The molecule has 0 unspecified atom stereocenters. The van der Waals surface area contributed by atoms with Crippen molar-refractivity contribution in [2.75, 3.05) is 6.54 Å². The van der Waals surface area contributed by atoms with E-state index in [9.17, 15) is 4.79 Å². The summed E-state index contributed by atoms with van der Waals surface area (Å²) in [6.07, 6.45) is 0.960. The zero-order chi connectivity index (χ0) is 11.5. The molecule has 86 valence electrons. The fraction of sp³-hybridized carbons (Fsp3) is 0.462. The predicted octanol–water partition coefficient (Wildman–Crippen LogP) is 2.16. The molecule has 3 nitrogen and oxygen atoms in total. The number of benzene rings is 1. The summed E-state index contributed by atoms with van der Waals surface area (Å²) in [6.45, 7) is 5.51. The van der Waals surface area contributed by atoms with Crippen molar-refractivity contribution in [1.82, 2.24) is 10.2 Å². The molecule has 16 heavy (non-hydrogen) atoms. The number of fused-ring (bicyclic) bond motifs is 1. The minimum Gasteiger partial charge on any atom is -0.336 e. The van der Waals surface area contributed by atoms with E-state index in [0.29, 0.717) is 0 Å². The Morgan fingerprint density at radius 2 is 2.00 bits per heavy atom. The smallest absolute Gasteiger partial charge is 0.317 e. The van der Waals surface area contributed by atoms with Crippen LogP contribution in [-0.4, -0.2) is 23.5 Å². The van der Waals surface area contributed by atoms with Gasteiger partial charge in [-0.2, -0.15) is 0 Å². The van der Waals surface area contributed by atoms with Crippen molar-refractivity contribution in [3.63, 3.8) is 0 Å². The zero-order valence-electron chi connectivity index (χ0n) is 9.86. The van der Waals surface area contributed by atoms with Gasteiger partial charge in [-0.15, -0.1) is 0 Å². The van der Waals surface area contributed by atoms with E-state index >= 15 is 0 Å². The number of rotatable bonds is 1. The molecule has 0 aromatic heterocycles. The monoisotopic (exact) mass is 218 g/mol. The van der Waals surface area contributed by atoms with Crippen LogP contribution in [0.15, 0.2) is 24.3 Å². The Labute approximate surface area is 96.5 Å². The first-order valence-corrected chi connectivity index (χ1v) is 5.79. The highest BCUT2D eigenvalue weighted by Gasteiger charge is 2.20. The molecule has 0 bridgehead atoms. The summed E-state index contributed by atoms with van der Waals surface area (Å²) in [7, 11) is 0. The molecule has 2 rings (SSSR count). The lowest BCUT2D eigenvalue weighted by Gasteiger charge is -2.29. The third kappa shape index (κ3) is 2.35. The molecule has 0 saturated heterocycles. The zero-order valence-corrected chi connectivity index (χ0v) is 9.86. The SMILES string of the molecule is CC(C)NC(=O)N1CCc2ccccc2C1. The van der Waals surface area contributed by atoms with Crippen LogP contribution in [0.1, 0.15) is 25.0 Å². The van der Waals surface area contributed by atoms with Gasteiger partial charge in [-0.25, -0.2) is 4.79 Å². The van der Waals surface area contributed by atoms with E-state index in [0.717, 1.165) is 19.5 Å². The van der Waals surface area contributed by atoms with E-state index in [1.807, 2.05) is 24.8 Å². The van der Waals surface area contributed by atoms with E-state index in [4.69, 9.17) is 0 Å². The number of carbonyl (C=O) groups is 1. The molecular weight excluding hydrogens is 200 g/mol. The molecule has 1 aromatic rings. The van der Waals surface area contributed by atoms with E-state index in [1.165, 1.54) is 11.1 Å². The molecule has 1 heterocycles. The second kappa shape index (κ2) is 4.56. The Hall–Kier alpha value is -1.51. The summed E-state index contributed by atoms with van der Waals surface area (Å²) >= 11 is 0. The van der Waals surface area contributed by atoms with Crippen LogP contribution in [-0.2, 0) is 13.0 Å². The lowest BCUT2D eigenvalue weighted by molar-refractivity contribution is 0.190. The normalized spacial score (nSPS) is 14.8. The van der Waals surface area contributed by atoms with Gasteiger partial charge in [-0.3, -0.25) is 0 Å². The van der Waals surface area contributed by atoms with Gasteiger partial charge in [0.2, 0.25) is 0 Å². The van der Waals surface area contributed by atoms with Crippen molar-refractivity contribution >= 4 is 6.03 Å². The maximum atomic E-state index is 11.8. The first-order chi connectivity index (χ1) is 7.66. The highest BCUT2D eigenvalue weighted by atomic mass is 16.2. The topological polar surface area (TPSA) is 32.3 Å². The molecule has 3 heteroatoms. The number of hydrogen-bond donors (Lipinski definition) is 1. The summed E-state index contributed by atoms with van der Waals surface area (Å²) in [5.41, 5.74) is 2.64. The number of carbonyl (C=O) groups excluding carboxylic acids is 1. The minimum absolute atomic E-state index is 0.0458. The molecule has 0 saturated carbocycles. The molecular formula is C13H18N2O. The van der Waals surface area contributed by atoms with Crippen LogP contribution in [0.2, 0.25) is 0 Å².